The molecule has 4 aromatic carbocycles. The number of H-pyrrole nitrogens is 2. The van der Waals surface area contributed by atoms with Gasteiger partial charge < -0.3 is 73.6 Å². The topological polar surface area (TPSA) is 365 Å². The van der Waals surface area contributed by atoms with Crippen molar-refractivity contribution in [2.75, 3.05) is 36.9 Å². The molecule has 2 aromatic heterocycles. The van der Waals surface area contributed by atoms with Gasteiger partial charge in [0.1, 0.15) is 65.2 Å². The number of nitrogens with one attached hydrogen (secondary N) is 9. The number of amides is 10. The number of benzene rings is 4. The van der Waals surface area contributed by atoms with Crippen LogP contribution in [0.2, 0.25) is 0 Å². The lowest BCUT2D eigenvalue weighted by molar-refractivity contribution is -0.149. The van der Waals surface area contributed by atoms with Crippen molar-refractivity contribution in [2.24, 2.45) is 11.5 Å². The van der Waals surface area contributed by atoms with Crippen molar-refractivity contribution < 1.29 is 61.8 Å². The second kappa shape index (κ2) is 31.9. The van der Waals surface area contributed by atoms with Crippen LogP contribution in [0.4, 0.5) is 8.78 Å². The van der Waals surface area contributed by atoms with Crippen LogP contribution in [0.15, 0.2) is 97.3 Å². The van der Waals surface area contributed by atoms with Gasteiger partial charge in [-0.15, -0.1) is 11.8 Å². The van der Waals surface area contributed by atoms with Gasteiger partial charge in [0.25, 0.3) is 0 Å². The first-order valence-electron chi connectivity index (χ1n) is 32.0. The number of aromatic nitrogens is 2. The van der Waals surface area contributed by atoms with E-state index in [2.05, 4.69) is 47.2 Å². The number of carbonyl (C=O) groups excluding carboxylic acids is 10. The highest BCUT2D eigenvalue weighted by Gasteiger charge is 2.51. The summed E-state index contributed by atoms with van der Waals surface area (Å²) in [4.78, 5) is 153. The zero-order valence-electron chi connectivity index (χ0n) is 52.9. The number of thioether (sulfide) groups is 3. The van der Waals surface area contributed by atoms with E-state index in [0.29, 0.717) is 88.0 Å². The molecule has 4 aliphatic rings. The van der Waals surface area contributed by atoms with E-state index in [0.717, 1.165) is 11.1 Å². The number of carbonyl (C=O) groups is 10. The molecule has 3 saturated heterocycles. The molecule has 6 aromatic rings. The van der Waals surface area contributed by atoms with Gasteiger partial charge in [-0.3, -0.25) is 47.9 Å². The van der Waals surface area contributed by atoms with Crippen LogP contribution >= 0.6 is 35.3 Å². The average Bonchev–Trinajstić information content (AvgIpc) is 1.59. The molecule has 24 nitrogen and oxygen atoms in total. The predicted octanol–water partition coefficient (Wildman–Crippen LogP) is 3.32. The fourth-order valence-electron chi connectivity index (χ4n) is 12.7. The number of aromatic amines is 2. The van der Waals surface area contributed by atoms with Crippen LogP contribution in [-0.2, 0) is 78.7 Å². The molecule has 14 N–H and O–H groups in total. The van der Waals surface area contributed by atoms with E-state index >= 15 is 14.4 Å². The molecule has 510 valence electrons. The first kappa shape index (κ1) is 70.1. The van der Waals surface area contributed by atoms with E-state index in [9.17, 15) is 47.4 Å². The van der Waals surface area contributed by atoms with Crippen molar-refractivity contribution >= 4 is 116 Å². The SMILES string of the molecule is C[C@@]12CCCN1C(=O)[C@H](Cc1ccc(O)cc1)NC(=O)[C@H]1CS[C@H]3CC[C@H](NC(=O)[C@H](Cc4c[nH]c5ccc(F)cc45)NC(=O)[C@H](Cc4c[nH]c5ccc(F)cc45)NC(=O)CNC(=O)[C@H](CCCCN)NC(=O)CCSCc4cccc(c4)CSC[C@@H](C(N)=O)NC2=O)C(=O)N31. The fraction of sp³-hybridized carbons (Fsp3) is 0.433. The molecule has 3 fully saturated rings. The Labute approximate surface area is 565 Å². The number of phenolic OH excluding ortho intramolecular Hbond substituents is 1. The third-order valence-electron chi connectivity index (χ3n) is 17.9. The molecule has 96 heavy (non-hydrogen) atoms. The van der Waals surface area contributed by atoms with E-state index in [1.807, 2.05) is 24.3 Å². The molecular weight excluding hydrogens is 1300 g/mol. The molecule has 0 saturated carbocycles. The van der Waals surface area contributed by atoms with Crippen molar-refractivity contribution in [3.05, 3.63) is 137 Å². The number of halogens is 2. The molecule has 4 aliphatic heterocycles. The van der Waals surface area contributed by atoms with Gasteiger partial charge in [0, 0.05) is 95.2 Å². The summed E-state index contributed by atoms with van der Waals surface area (Å²) in [7, 11) is 0. The fourth-order valence-corrected chi connectivity index (χ4v) is 16.0. The Balaban J connectivity index is 0.949. The number of nitrogens with two attached hydrogens (primary N) is 2. The second-order valence-electron chi connectivity index (χ2n) is 24.8. The summed E-state index contributed by atoms with van der Waals surface area (Å²) in [5.74, 6) is -6.73. The van der Waals surface area contributed by atoms with Crippen molar-refractivity contribution in [1.82, 2.24) is 57.0 Å². The maximum absolute atomic E-state index is 15.1. The van der Waals surface area contributed by atoms with Crippen LogP contribution in [0.3, 0.4) is 0 Å². The molecule has 4 bridgehead atoms. The largest absolute Gasteiger partial charge is 0.508 e. The minimum absolute atomic E-state index is 0.0421. The Bertz CT molecular complexity index is 3900. The minimum atomic E-state index is -1.54. The lowest BCUT2D eigenvalue weighted by Crippen LogP contribution is -2.64. The van der Waals surface area contributed by atoms with Gasteiger partial charge in [0.15, 0.2) is 0 Å². The quantitative estimate of drug-likeness (QED) is 0.0828. The Hall–Kier alpha value is -8.67. The second-order valence-corrected chi connectivity index (χ2v) is 28.1. The number of hydrogen-bond donors (Lipinski definition) is 12. The molecule has 9 atom stereocenters. The maximum atomic E-state index is 15.1. The van der Waals surface area contributed by atoms with Gasteiger partial charge in [0.2, 0.25) is 59.1 Å². The first-order valence-corrected chi connectivity index (χ1v) is 35.4. The minimum Gasteiger partial charge on any atom is -0.508 e. The van der Waals surface area contributed by atoms with Crippen molar-refractivity contribution in [3.8, 4) is 5.75 Å². The van der Waals surface area contributed by atoms with Crippen molar-refractivity contribution in [2.45, 2.75) is 142 Å². The van der Waals surface area contributed by atoms with Crippen molar-refractivity contribution in [1.29, 1.82) is 0 Å². The zero-order valence-corrected chi connectivity index (χ0v) is 55.3. The standard InChI is InChI=1S/C67H79F2N13O11S3/c1-67-20-5-22-81(67)64(91)53(25-37-9-13-44(83)14-10-37)79-63(90)55-36-96-58-18-17-50(65(92)82(55)58)77-62(89)52(27-41-31-73-48-16-12-43(69)29-46(41)48)78-61(88)51(26-40-30-72-47-15-11-42(68)28-45(40)47)76-57(85)32-74-60(87)49(8-2-3-21-70)75-56(84)19-23-94-33-38-6-4-7-39(24-38)34-95-35-54(59(71)86)80-66(67)93/h4,6-7,9-16,24,28-31,49-55,58,72-73,83H,2-3,5,8,17-23,25-27,32-36,70H2,1H3,(H2,71,86)(H,74,87)(H,75,84)(H,76,85)(H,77,89)(H,78,88)(H,79,90)(H,80,93)/t49-,50-,51-,52-,53-,54-,55+,58-,67-/m0/s1. The molecule has 0 radical (unpaired) electrons. The molecule has 6 heterocycles. The predicted molar refractivity (Wildman–Crippen MR) is 361 cm³/mol. The van der Waals surface area contributed by atoms with Crippen LogP contribution in [-0.4, -0.2) is 174 Å². The lowest BCUT2D eigenvalue weighted by atomic mass is 9.95. The zero-order chi connectivity index (χ0) is 68.2. The van der Waals surface area contributed by atoms with Gasteiger partial charge in [0.05, 0.1) is 11.9 Å². The Morgan fingerprint density at radius 2 is 1.30 bits per heavy atom. The summed E-state index contributed by atoms with van der Waals surface area (Å²) in [6.45, 7) is 1.37. The number of primary amides is 1. The monoisotopic (exact) mass is 1380 g/mol. The number of hydrogen-bond acceptors (Lipinski definition) is 15. The Kier molecular flexibility index (Phi) is 23.3. The molecule has 0 unspecified atom stereocenters. The number of aromatic hydroxyl groups is 1. The molecule has 0 spiro atoms. The van der Waals surface area contributed by atoms with Crippen LogP contribution in [0.1, 0.15) is 86.1 Å². The van der Waals surface area contributed by atoms with Crippen LogP contribution < -0.4 is 48.7 Å². The van der Waals surface area contributed by atoms with Gasteiger partial charge in [-0.1, -0.05) is 36.4 Å². The lowest BCUT2D eigenvalue weighted by Gasteiger charge is -2.39. The smallest absolute Gasteiger partial charge is 0.246 e. The number of unbranched alkanes of at least 4 members (excludes halogenated alkanes) is 1. The third kappa shape index (κ3) is 17.3. The summed E-state index contributed by atoms with van der Waals surface area (Å²) in [5, 5.41) is 29.8. The van der Waals surface area contributed by atoms with Gasteiger partial charge in [-0.05, 0) is 135 Å². The van der Waals surface area contributed by atoms with E-state index < -0.39 is 130 Å². The molecule has 0 aliphatic carbocycles. The summed E-state index contributed by atoms with van der Waals surface area (Å²) in [6.07, 6.45) is 4.69. The molecule has 10 rings (SSSR count). The number of piperidine rings is 1. The first-order chi connectivity index (χ1) is 46.1. The Morgan fingerprint density at radius 1 is 0.667 bits per heavy atom. The summed E-state index contributed by atoms with van der Waals surface area (Å²) in [6, 6.07) is 12.8. The van der Waals surface area contributed by atoms with E-state index in [4.69, 9.17) is 11.5 Å². The van der Waals surface area contributed by atoms with Gasteiger partial charge in [-0.25, -0.2) is 8.78 Å². The highest BCUT2D eigenvalue weighted by Crippen LogP contribution is 2.38. The van der Waals surface area contributed by atoms with Gasteiger partial charge in [-0.2, -0.15) is 23.5 Å². The highest BCUT2D eigenvalue weighted by molar-refractivity contribution is 8.00. The van der Waals surface area contributed by atoms with Crippen LogP contribution in [0, 0.1) is 11.6 Å². The van der Waals surface area contributed by atoms with E-state index in [-0.39, 0.29) is 68.7 Å². The highest BCUT2D eigenvalue weighted by atomic mass is 32.2. The normalized spacial score (nSPS) is 25.2. The maximum Gasteiger partial charge on any atom is 0.246 e. The number of phenols is 1. The van der Waals surface area contributed by atoms with Crippen LogP contribution in [0.25, 0.3) is 21.8 Å². The number of rotatable bonds is 11. The summed E-state index contributed by atoms with van der Waals surface area (Å²) in [5.41, 5.74) is 14.4. The number of nitrogens with zero attached hydrogens (tertiary/aromatic N) is 2. The van der Waals surface area contributed by atoms with E-state index in [1.165, 1.54) is 93.6 Å². The molecular formula is C67H79F2N13O11S3. The molecule has 10 amide bonds. The van der Waals surface area contributed by atoms with Gasteiger partial charge >= 0.3 is 0 Å². The molecule has 29 heteroatoms. The summed E-state index contributed by atoms with van der Waals surface area (Å²) < 4.78 is 29.7. The summed E-state index contributed by atoms with van der Waals surface area (Å²) >= 11 is 4.20. The van der Waals surface area contributed by atoms with Crippen LogP contribution in [0.5, 0.6) is 5.75 Å². The number of fused-ring (bicyclic) bond motifs is 6. The Morgan fingerprint density at radius 3 is 1.97 bits per heavy atom. The van der Waals surface area contributed by atoms with E-state index in [1.54, 1.807) is 31.5 Å². The third-order valence-corrected chi connectivity index (χ3v) is 21.4. The average molecular weight is 1380 g/mol. The van der Waals surface area contributed by atoms with Crippen molar-refractivity contribution in [3.63, 3.8) is 0 Å².